The summed E-state index contributed by atoms with van der Waals surface area (Å²) in [5.74, 6) is 0.709. The van der Waals surface area contributed by atoms with Crippen LogP contribution in [0.25, 0.3) is 0 Å². The van der Waals surface area contributed by atoms with Gasteiger partial charge in [0, 0.05) is 6.04 Å². The highest BCUT2D eigenvalue weighted by Gasteiger charge is 2.10. The van der Waals surface area contributed by atoms with E-state index in [0.29, 0.717) is 6.61 Å². The standard InChI is InChI=1S/C18H22FNO/c1-14-8-9-16(19)12-15(14)13-17(20-2)10-11-21-18-6-4-3-5-7-18/h3-9,12,17,20H,10-11,13H2,1-2H3. The zero-order chi connectivity index (χ0) is 15.1. The molecule has 0 aromatic heterocycles. The maximum atomic E-state index is 13.3. The Kier molecular flexibility index (Phi) is 5.76. The molecule has 2 nitrogen and oxygen atoms in total. The highest BCUT2D eigenvalue weighted by atomic mass is 19.1. The van der Waals surface area contributed by atoms with E-state index < -0.39 is 0 Å². The molecule has 1 atom stereocenters. The monoisotopic (exact) mass is 287 g/mol. The van der Waals surface area contributed by atoms with Crippen LogP contribution < -0.4 is 10.1 Å². The van der Waals surface area contributed by atoms with E-state index in [1.165, 1.54) is 6.07 Å². The Morgan fingerprint density at radius 2 is 1.90 bits per heavy atom. The maximum absolute atomic E-state index is 13.3. The fraction of sp³-hybridized carbons (Fsp3) is 0.333. The molecule has 0 aliphatic rings. The zero-order valence-electron chi connectivity index (χ0n) is 12.6. The van der Waals surface area contributed by atoms with Crippen molar-refractivity contribution in [1.82, 2.24) is 5.32 Å². The molecule has 2 rings (SSSR count). The first-order chi connectivity index (χ1) is 10.2. The summed E-state index contributed by atoms with van der Waals surface area (Å²) in [5, 5.41) is 3.28. The second-order valence-corrected chi connectivity index (χ2v) is 5.21. The van der Waals surface area contributed by atoms with Crippen LogP contribution in [0.5, 0.6) is 5.75 Å². The van der Waals surface area contributed by atoms with E-state index in [1.54, 1.807) is 6.07 Å². The highest BCUT2D eigenvalue weighted by Crippen LogP contribution is 2.14. The molecule has 0 fully saturated rings. The summed E-state index contributed by atoms with van der Waals surface area (Å²) in [6, 6.07) is 15.0. The van der Waals surface area contributed by atoms with Gasteiger partial charge in [0.1, 0.15) is 11.6 Å². The number of hydrogen-bond donors (Lipinski definition) is 1. The predicted molar refractivity (Wildman–Crippen MR) is 84.2 cm³/mol. The summed E-state index contributed by atoms with van der Waals surface area (Å²) in [7, 11) is 1.93. The molecule has 0 amide bonds. The van der Waals surface area contributed by atoms with E-state index in [2.05, 4.69) is 5.32 Å². The maximum Gasteiger partial charge on any atom is 0.123 e. The molecule has 2 aromatic carbocycles. The van der Waals surface area contributed by atoms with Crippen molar-refractivity contribution >= 4 is 0 Å². The van der Waals surface area contributed by atoms with E-state index >= 15 is 0 Å². The van der Waals surface area contributed by atoms with Crippen LogP contribution >= 0.6 is 0 Å². The van der Waals surface area contributed by atoms with Crippen LogP contribution in [-0.2, 0) is 6.42 Å². The first kappa shape index (κ1) is 15.5. The molecule has 3 heteroatoms. The molecule has 0 aliphatic carbocycles. The number of likely N-dealkylation sites (N-methyl/N-ethyl adjacent to an activating group) is 1. The minimum absolute atomic E-state index is 0.175. The third kappa shape index (κ3) is 4.87. The van der Waals surface area contributed by atoms with Crippen LogP contribution in [0.4, 0.5) is 4.39 Å². The topological polar surface area (TPSA) is 21.3 Å². The summed E-state index contributed by atoms with van der Waals surface area (Å²) in [6.07, 6.45) is 1.68. The van der Waals surface area contributed by atoms with E-state index in [-0.39, 0.29) is 11.9 Å². The highest BCUT2D eigenvalue weighted by molar-refractivity contribution is 5.27. The Balaban J connectivity index is 1.87. The SMILES string of the molecule is CNC(CCOc1ccccc1)Cc1cc(F)ccc1C. The van der Waals surface area contributed by atoms with Crippen LogP contribution in [0.2, 0.25) is 0 Å². The minimum Gasteiger partial charge on any atom is -0.494 e. The van der Waals surface area contributed by atoms with Gasteiger partial charge in [0.05, 0.1) is 6.61 Å². The van der Waals surface area contributed by atoms with Crippen molar-refractivity contribution in [3.8, 4) is 5.75 Å². The van der Waals surface area contributed by atoms with Crippen LogP contribution in [0, 0.1) is 12.7 Å². The Morgan fingerprint density at radius 3 is 2.62 bits per heavy atom. The molecule has 112 valence electrons. The second kappa shape index (κ2) is 7.79. The lowest BCUT2D eigenvalue weighted by Gasteiger charge is -2.18. The summed E-state index contributed by atoms with van der Waals surface area (Å²) in [5.41, 5.74) is 2.18. The molecule has 21 heavy (non-hydrogen) atoms. The number of nitrogens with one attached hydrogen (secondary N) is 1. The lowest BCUT2D eigenvalue weighted by Crippen LogP contribution is -2.29. The van der Waals surface area contributed by atoms with Crippen LogP contribution in [0.15, 0.2) is 48.5 Å². The largest absolute Gasteiger partial charge is 0.494 e. The van der Waals surface area contributed by atoms with Gasteiger partial charge in [-0.3, -0.25) is 0 Å². The van der Waals surface area contributed by atoms with Crippen molar-refractivity contribution < 1.29 is 9.13 Å². The van der Waals surface area contributed by atoms with Gasteiger partial charge < -0.3 is 10.1 Å². The van der Waals surface area contributed by atoms with Crippen molar-refractivity contribution in [2.75, 3.05) is 13.7 Å². The average molecular weight is 287 g/mol. The van der Waals surface area contributed by atoms with Crippen molar-refractivity contribution in [2.24, 2.45) is 0 Å². The minimum atomic E-state index is -0.175. The molecule has 0 heterocycles. The van der Waals surface area contributed by atoms with Gasteiger partial charge in [0.2, 0.25) is 0 Å². The number of hydrogen-bond acceptors (Lipinski definition) is 2. The molecule has 0 spiro atoms. The number of rotatable bonds is 7. The zero-order valence-corrected chi connectivity index (χ0v) is 12.6. The summed E-state index contributed by atoms with van der Waals surface area (Å²) in [4.78, 5) is 0. The van der Waals surface area contributed by atoms with Gasteiger partial charge in [0.15, 0.2) is 0 Å². The molecule has 0 radical (unpaired) electrons. The Morgan fingerprint density at radius 1 is 1.14 bits per heavy atom. The van der Waals surface area contributed by atoms with E-state index in [0.717, 1.165) is 29.7 Å². The fourth-order valence-electron chi connectivity index (χ4n) is 2.31. The van der Waals surface area contributed by atoms with Gasteiger partial charge in [-0.05, 0) is 62.2 Å². The molecule has 1 unspecified atom stereocenters. The van der Waals surface area contributed by atoms with Gasteiger partial charge in [-0.1, -0.05) is 24.3 Å². The number of halogens is 1. The fourth-order valence-corrected chi connectivity index (χ4v) is 2.31. The van der Waals surface area contributed by atoms with E-state index in [1.807, 2.05) is 50.4 Å². The van der Waals surface area contributed by atoms with E-state index in [9.17, 15) is 4.39 Å². The third-order valence-corrected chi connectivity index (χ3v) is 3.66. The first-order valence-electron chi connectivity index (χ1n) is 7.29. The van der Waals surface area contributed by atoms with Crippen LogP contribution in [-0.4, -0.2) is 19.7 Å². The van der Waals surface area contributed by atoms with Gasteiger partial charge in [-0.2, -0.15) is 0 Å². The van der Waals surface area contributed by atoms with Crippen molar-refractivity contribution in [2.45, 2.75) is 25.8 Å². The van der Waals surface area contributed by atoms with Gasteiger partial charge in [-0.15, -0.1) is 0 Å². The van der Waals surface area contributed by atoms with Crippen molar-refractivity contribution in [3.63, 3.8) is 0 Å². The number of benzene rings is 2. The Bertz CT molecular complexity index is 556. The molecule has 1 N–H and O–H groups in total. The quantitative estimate of drug-likeness (QED) is 0.837. The van der Waals surface area contributed by atoms with Gasteiger partial charge >= 0.3 is 0 Å². The molecule has 0 saturated carbocycles. The van der Waals surface area contributed by atoms with Crippen LogP contribution in [0.3, 0.4) is 0 Å². The Labute approximate surface area is 126 Å². The van der Waals surface area contributed by atoms with Gasteiger partial charge in [0.25, 0.3) is 0 Å². The number of aryl methyl sites for hydroxylation is 1. The molecular formula is C18H22FNO. The first-order valence-corrected chi connectivity index (χ1v) is 7.29. The molecule has 0 bridgehead atoms. The molecule has 2 aromatic rings. The lowest BCUT2D eigenvalue weighted by molar-refractivity contribution is 0.288. The van der Waals surface area contributed by atoms with E-state index in [4.69, 9.17) is 4.74 Å². The average Bonchev–Trinajstić information content (AvgIpc) is 2.51. The summed E-state index contributed by atoms with van der Waals surface area (Å²) in [6.45, 7) is 2.66. The smallest absolute Gasteiger partial charge is 0.123 e. The van der Waals surface area contributed by atoms with Crippen molar-refractivity contribution in [3.05, 3.63) is 65.5 Å². The third-order valence-electron chi connectivity index (χ3n) is 3.66. The lowest BCUT2D eigenvalue weighted by atomic mass is 9.99. The second-order valence-electron chi connectivity index (χ2n) is 5.21. The summed E-state index contributed by atoms with van der Waals surface area (Å²) < 4.78 is 19.0. The summed E-state index contributed by atoms with van der Waals surface area (Å²) >= 11 is 0. The predicted octanol–water partition coefficient (Wildman–Crippen LogP) is 3.73. The Hall–Kier alpha value is -1.87. The molecule has 0 saturated heterocycles. The number of ether oxygens (including phenoxy) is 1. The van der Waals surface area contributed by atoms with Gasteiger partial charge in [-0.25, -0.2) is 4.39 Å². The van der Waals surface area contributed by atoms with Crippen LogP contribution in [0.1, 0.15) is 17.5 Å². The molecule has 0 aliphatic heterocycles. The number of para-hydroxylation sites is 1. The van der Waals surface area contributed by atoms with Crippen molar-refractivity contribution in [1.29, 1.82) is 0 Å². The normalized spacial score (nSPS) is 12.1. The molecular weight excluding hydrogens is 265 g/mol.